The molecule has 0 bridgehead atoms. The van der Waals surface area contributed by atoms with Crippen molar-refractivity contribution in [2.24, 2.45) is 5.92 Å². The van der Waals surface area contributed by atoms with E-state index < -0.39 is 11.6 Å². The second-order valence-corrected chi connectivity index (χ2v) is 7.66. The normalized spacial score (nSPS) is 28.4. The van der Waals surface area contributed by atoms with Crippen molar-refractivity contribution in [2.45, 2.75) is 31.3 Å². The van der Waals surface area contributed by atoms with Gasteiger partial charge in [-0.15, -0.1) is 0 Å². The Balaban J connectivity index is 1.51. The van der Waals surface area contributed by atoms with Crippen molar-refractivity contribution in [1.82, 2.24) is 20.4 Å². The molecule has 2 atom stereocenters. The summed E-state index contributed by atoms with van der Waals surface area (Å²) in [5, 5.41) is 5.96. The highest BCUT2D eigenvalue weighted by atomic mass is 19.1. The number of hydrogen-bond acceptors (Lipinski definition) is 4. The first-order valence-corrected chi connectivity index (χ1v) is 9.30. The molecule has 1 aliphatic carbocycles. The van der Waals surface area contributed by atoms with Gasteiger partial charge in [0.15, 0.2) is 0 Å². The summed E-state index contributed by atoms with van der Waals surface area (Å²) in [7, 11) is 0. The second kappa shape index (κ2) is 6.60. The fourth-order valence-corrected chi connectivity index (χ4v) is 4.04. The van der Waals surface area contributed by atoms with Gasteiger partial charge in [-0.1, -0.05) is 12.1 Å². The molecule has 2 heterocycles. The van der Waals surface area contributed by atoms with E-state index in [4.69, 9.17) is 0 Å². The Kier molecular flexibility index (Phi) is 4.38. The van der Waals surface area contributed by atoms with Crippen LogP contribution in [0.1, 0.15) is 31.4 Å². The van der Waals surface area contributed by atoms with Gasteiger partial charge in [0.1, 0.15) is 17.9 Å². The van der Waals surface area contributed by atoms with Gasteiger partial charge in [-0.05, 0) is 43.4 Å². The van der Waals surface area contributed by atoms with Gasteiger partial charge in [0.05, 0.1) is 6.04 Å². The van der Waals surface area contributed by atoms with E-state index in [0.717, 1.165) is 17.7 Å². The van der Waals surface area contributed by atoms with Crippen molar-refractivity contribution in [3.05, 3.63) is 35.6 Å². The van der Waals surface area contributed by atoms with Crippen LogP contribution in [-0.2, 0) is 9.59 Å². The Morgan fingerprint density at radius 2 is 2.11 bits per heavy atom. The largest absolute Gasteiger partial charge is 0.332 e. The molecule has 3 fully saturated rings. The van der Waals surface area contributed by atoms with Crippen molar-refractivity contribution in [3.8, 4) is 0 Å². The summed E-state index contributed by atoms with van der Waals surface area (Å²) in [4.78, 5) is 40.6. The molecule has 2 saturated heterocycles. The van der Waals surface area contributed by atoms with E-state index in [0.29, 0.717) is 25.2 Å². The number of nitrogens with one attached hydrogen (secondary N) is 2. The van der Waals surface area contributed by atoms with Crippen LogP contribution >= 0.6 is 0 Å². The number of imide groups is 1. The molecule has 0 spiro atoms. The highest BCUT2D eigenvalue weighted by Gasteiger charge is 2.56. The van der Waals surface area contributed by atoms with Crippen molar-refractivity contribution >= 4 is 17.8 Å². The maximum atomic E-state index is 13.6. The maximum Gasteiger partial charge on any atom is 0.325 e. The van der Waals surface area contributed by atoms with Crippen LogP contribution in [0.4, 0.5) is 9.18 Å². The summed E-state index contributed by atoms with van der Waals surface area (Å²) in [5.74, 6) is -0.858. The Morgan fingerprint density at radius 3 is 2.81 bits per heavy atom. The van der Waals surface area contributed by atoms with Crippen molar-refractivity contribution in [2.75, 3.05) is 26.2 Å². The molecule has 4 amide bonds. The molecular formula is C19H23FN4O3. The fraction of sp³-hybridized carbons (Fsp3) is 0.526. The quantitative estimate of drug-likeness (QED) is 0.771. The van der Waals surface area contributed by atoms with Gasteiger partial charge < -0.3 is 15.5 Å². The first-order chi connectivity index (χ1) is 12.9. The molecule has 2 aliphatic heterocycles. The number of amides is 4. The molecule has 7 nitrogen and oxygen atoms in total. The van der Waals surface area contributed by atoms with Gasteiger partial charge in [0, 0.05) is 19.6 Å². The number of carbonyl (C=O) groups excluding carboxylic acids is 3. The van der Waals surface area contributed by atoms with Crippen LogP contribution < -0.4 is 10.6 Å². The lowest BCUT2D eigenvalue weighted by atomic mass is 9.96. The number of carbonyl (C=O) groups is 3. The minimum absolute atomic E-state index is 0.147. The molecule has 1 aromatic rings. The lowest BCUT2D eigenvalue weighted by molar-refractivity contribution is -0.141. The summed E-state index contributed by atoms with van der Waals surface area (Å²) >= 11 is 0. The first kappa shape index (κ1) is 17.9. The summed E-state index contributed by atoms with van der Waals surface area (Å²) in [6.45, 7) is 2.98. The molecule has 0 aromatic heterocycles. The molecule has 2 unspecified atom stereocenters. The van der Waals surface area contributed by atoms with E-state index in [2.05, 4.69) is 10.6 Å². The molecule has 8 heteroatoms. The lowest BCUT2D eigenvalue weighted by Crippen LogP contribution is -2.52. The zero-order valence-corrected chi connectivity index (χ0v) is 15.2. The topological polar surface area (TPSA) is 81.8 Å². The van der Waals surface area contributed by atoms with E-state index in [1.54, 1.807) is 24.0 Å². The Hall–Kier alpha value is -2.48. The standard InChI is InChI=1S/C19H23FN4O3/c1-19(13-5-6-13)17(26)24(18(27)22-19)11-16(25)23-8-7-21-10-15(23)12-3-2-4-14(20)9-12/h2-4,9,13,15,21H,5-8,10-11H2,1H3,(H,22,27). The van der Waals surface area contributed by atoms with Gasteiger partial charge in [-0.3, -0.25) is 14.5 Å². The summed E-state index contributed by atoms with van der Waals surface area (Å²) in [6.07, 6.45) is 1.81. The number of hydrogen-bond donors (Lipinski definition) is 2. The predicted molar refractivity (Wildman–Crippen MR) is 95.1 cm³/mol. The zero-order valence-electron chi connectivity index (χ0n) is 15.2. The van der Waals surface area contributed by atoms with Gasteiger partial charge in [0.2, 0.25) is 5.91 Å². The van der Waals surface area contributed by atoms with Gasteiger partial charge >= 0.3 is 6.03 Å². The van der Waals surface area contributed by atoms with Crippen LogP contribution in [0.3, 0.4) is 0 Å². The van der Waals surface area contributed by atoms with Crippen LogP contribution in [0.25, 0.3) is 0 Å². The van der Waals surface area contributed by atoms with Crippen molar-refractivity contribution in [3.63, 3.8) is 0 Å². The number of benzene rings is 1. The van der Waals surface area contributed by atoms with Crippen LogP contribution in [0.2, 0.25) is 0 Å². The molecule has 1 saturated carbocycles. The molecular weight excluding hydrogens is 351 g/mol. The third kappa shape index (κ3) is 3.18. The number of urea groups is 1. The number of piperazine rings is 1. The molecule has 27 heavy (non-hydrogen) atoms. The maximum absolute atomic E-state index is 13.6. The van der Waals surface area contributed by atoms with Crippen LogP contribution in [0, 0.1) is 11.7 Å². The summed E-state index contributed by atoms with van der Waals surface area (Å²) in [6, 6.07) is 5.31. The Labute approximate surface area is 156 Å². The monoisotopic (exact) mass is 374 g/mol. The molecule has 0 radical (unpaired) electrons. The van der Waals surface area contributed by atoms with Crippen LogP contribution in [0.15, 0.2) is 24.3 Å². The number of halogens is 1. The van der Waals surface area contributed by atoms with Crippen molar-refractivity contribution in [1.29, 1.82) is 0 Å². The molecule has 3 aliphatic rings. The molecule has 4 rings (SSSR count). The minimum Gasteiger partial charge on any atom is -0.332 e. The third-order valence-electron chi connectivity index (χ3n) is 5.79. The number of rotatable bonds is 4. The third-order valence-corrected chi connectivity index (χ3v) is 5.79. The zero-order chi connectivity index (χ0) is 19.2. The SMILES string of the molecule is CC1(C2CC2)NC(=O)N(CC(=O)N2CCNCC2c2cccc(F)c2)C1=O. The Morgan fingerprint density at radius 1 is 1.33 bits per heavy atom. The summed E-state index contributed by atoms with van der Waals surface area (Å²) in [5.41, 5.74) is -0.210. The first-order valence-electron chi connectivity index (χ1n) is 9.30. The van der Waals surface area contributed by atoms with Gasteiger partial charge in [-0.2, -0.15) is 0 Å². The average molecular weight is 374 g/mol. The van der Waals surface area contributed by atoms with Gasteiger partial charge in [-0.25, -0.2) is 9.18 Å². The van der Waals surface area contributed by atoms with E-state index >= 15 is 0 Å². The molecule has 2 N–H and O–H groups in total. The lowest BCUT2D eigenvalue weighted by Gasteiger charge is -2.37. The van der Waals surface area contributed by atoms with Crippen LogP contribution in [-0.4, -0.2) is 59.4 Å². The summed E-state index contributed by atoms with van der Waals surface area (Å²) < 4.78 is 13.6. The predicted octanol–water partition coefficient (Wildman–Crippen LogP) is 1.02. The number of nitrogens with zero attached hydrogens (tertiary/aromatic N) is 2. The highest BCUT2D eigenvalue weighted by molar-refractivity contribution is 6.09. The fourth-order valence-electron chi connectivity index (χ4n) is 4.04. The van der Waals surface area contributed by atoms with Crippen molar-refractivity contribution < 1.29 is 18.8 Å². The van der Waals surface area contributed by atoms with E-state index in [9.17, 15) is 18.8 Å². The van der Waals surface area contributed by atoms with E-state index in [1.165, 1.54) is 12.1 Å². The molecule has 1 aromatic carbocycles. The van der Waals surface area contributed by atoms with E-state index in [1.807, 2.05) is 0 Å². The average Bonchev–Trinajstić information content (AvgIpc) is 3.48. The minimum atomic E-state index is -0.900. The highest BCUT2D eigenvalue weighted by Crippen LogP contribution is 2.42. The van der Waals surface area contributed by atoms with Gasteiger partial charge in [0.25, 0.3) is 5.91 Å². The smallest absolute Gasteiger partial charge is 0.325 e. The Bertz CT molecular complexity index is 797. The molecule has 144 valence electrons. The second-order valence-electron chi connectivity index (χ2n) is 7.66. The van der Waals surface area contributed by atoms with Crippen LogP contribution in [0.5, 0.6) is 0 Å². The van der Waals surface area contributed by atoms with E-state index in [-0.39, 0.29) is 36.1 Å².